The minimum absolute atomic E-state index is 0.0568. The summed E-state index contributed by atoms with van der Waals surface area (Å²) in [6.45, 7) is 13.2. The van der Waals surface area contributed by atoms with Crippen LogP contribution < -0.4 is 25.2 Å². The first-order valence-corrected chi connectivity index (χ1v) is 20.2. The van der Waals surface area contributed by atoms with Crippen LogP contribution in [0.1, 0.15) is 63.9 Å². The minimum atomic E-state index is -0.931. The SMILES string of the molecule is C[C@@H]1CN(Cc2cnc(N3CCN(c4cc(F)c(N5C(=O)CCCC5=O)c(F)c4)C[C@@H]3C)nc2)CCN1c1ccc2c(c1)-n1c(nc(=O)c3c(Cl)cccc31)C2(C)C. The molecule has 4 aliphatic heterocycles. The molecular formula is C43H44ClF2N9O3. The first-order chi connectivity index (χ1) is 27.8. The molecule has 2 amide bonds. The standard InChI is InChI=1S/C43H44ClF2N9O3/c1-25-22-50(13-15-52(25)28-11-12-30-35(19-28)54-34-8-5-7-31(44)38(34)40(58)49-41(54)43(30,3)4)24-27-20-47-42(48-21-27)53-16-14-51(23-26(53)2)29-17-32(45)39(33(46)18-29)55-36(56)9-6-10-37(55)57/h5,7-8,11-12,17-21,25-26H,6,9-10,13-16,22-24H2,1-4H3/t25-,26+/m1/s1. The predicted octanol–water partition coefficient (Wildman–Crippen LogP) is 6.22. The van der Waals surface area contributed by atoms with Crippen molar-refractivity contribution in [2.75, 3.05) is 58.9 Å². The first-order valence-electron chi connectivity index (χ1n) is 19.8. The molecule has 0 unspecified atom stereocenters. The Morgan fingerprint density at radius 3 is 2.21 bits per heavy atom. The van der Waals surface area contributed by atoms with Gasteiger partial charge in [0.1, 0.15) is 11.5 Å². The van der Waals surface area contributed by atoms with Gasteiger partial charge in [-0.1, -0.05) is 23.7 Å². The zero-order chi connectivity index (χ0) is 40.6. The van der Waals surface area contributed by atoms with Crippen molar-refractivity contribution in [2.24, 2.45) is 0 Å². The number of carbonyl (C=O) groups is 2. The van der Waals surface area contributed by atoms with Gasteiger partial charge in [-0.25, -0.2) is 23.6 Å². The Bertz CT molecular complexity index is 2510. The van der Waals surface area contributed by atoms with Crippen molar-refractivity contribution >= 4 is 57.3 Å². The molecule has 300 valence electrons. The average molecular weight is 808 g/mol. The van der Waals surface area contributed by atoms with Crippen LogP contribution in [0.5, 0.6) is 0 Å². The van der Waals surface area contributed by atoms with E-state index >= 15 is 8.78 Å². The van der Waals surface area contributed by atoms with Gasteiger partial charge in [-0.3, -0.25) is 23.9 Å². The Balaban J connectivity index is 0.842. The van der Waals surface area contributed by atoms with E-state index in [4.69, 9.17) is 21.6 Å². The normalized spacial score (nSPS) is 20.9. The molecule has 3 aromatic carbocycles. The summed E-state index contributed by atoms with van der Waals surface area (Å²) in [5.41, 5.74) is 4.02. The number of piperazine rings is 2. The minimum Gasteiger partial charge on any atom is -0.368 e. The van der Waals surface area contributed by atoms with Crippen LogP contribution in [0.2, 0.25) is 5.02 Å². The number of amides is 2. The average Bonchev–Trinajstić information content (AvgIpc) is 3.41. The Kier molecular flexibility index (Phi) is 9.46. The number of hydrogen-bond acceptors (Lipinski definition) is 10. The van der Waals surface area contributed by atoms with Crippen molar-refractivity contribution in [3.05, 3.63) is 105 Å². The maximum absolute atomic E-state index is 15.3. The molecule has 0 spiro atoms. The van der Waals surface area contributed by atoms with Gasteiger partial charge in [0.25, 0.3) is 5.56 Å². The van der Waals surface area contributed by atoms with E-state index in [0.717, 1.165) is 47.7 Å². The molecule has 0 radical (unpaired) electrons. The summed E-state index contributed by atoms with van der Waals surface area (Å²) in [5.74, 6) is -1.73. The Morgan fingerprint density at radius 1 is 0.828 bits per heavy atom. The highest BCUT2D eigenvalue weighted by molar-refractivity contribution is 6.35. The van der Waals surface area contributed by atoms with Crippen molar-refractivity contribution < 1.29 is 18.4 Å². The Morgan fingerprint density at radius 2 is 1.52 bits per heavy atom. The number of benzene rings is 3. The monoisotopic (exact) mass is 807 g/mol. The van der Waals surface area contributed by atoms with Gasteiger partial charge in [0.05, 0.1) is 27.0 Å². The lowest BCUT2D eigenvalue weighted by molar-refractivity contribution is -0.129. The fraction of sp³-hybridized carbons (Fsp3) is 0.395. The maximum atomic E-state index is 15.3. The number of anilines is 4. The van der Waals surface area contributed by atoms with E-state index in [1.165, 1.54) is 12.1 Å². The zero-order valence-electron chi connectivity index (χ0n) is 32.9. The molecule has 9 rings (SSSR count). The molecule has 2 aromatic heterocycles. The van der Waals surface area contributed by atoms with Gasteiger partial charge >= 0.3 is 0 Å². The van der Waals surface area contributed by atoms with E-state index in [1.54, 1.807) is 6.07 Å². The van der Waals surface area contributed by atoms with Crippen LogP contribution in [0, 0.1) is 11.6 Å². The molecule has 6 heterocycles. The highest BCUT2D eigenvalue weighted by atomic mass is 35.5. The number of piperidine rings is 1. The van der Waals surface area contributed by atoms with Gasteiger partial charge in [0.15, 0.2) is 11.6 Å². The van der Waals surface area contributed by atoms with Gasteiger partial charge in [0, 0.05) is 100 Å². The number of fused-ring (bicyclic) bond motifs is 5. The molecule has 12 nitrogen and oxygen atoms in total. The summed E-state index contributed by atoms with van der Waals surface area (Å²) in [7, 11) is 0. The second-order valence-corrected chi connectivity index (χ2v) is 16.8. The fourth-order valence-electron chi connectivity index (χ4n) is 9.26. The molecule has 5 aromatic rings. The van der Waals surface area contributed by atoms with Crippen LogP contribution in [0.4, 0.5) is 31.8 Å². The molecular weight excluding hydrogens is 764 g/mol. The third-order valence-corrected chi connectivity index (χ3v) is 12.5. The van der Waals surface area contributed by atoms with E-state index in [2.05, 4.69) is 63.2 Å². The second kappa shape index (κ2) is 14.4. The van der Waals surface area contributed by atoms with Gasteiger partial charge in [0.2, 0.25) is 17.8 Å². The number of nitrogens with zero attached hydrogens (tertiary/aromatic N) is 9. The second-order valence-electron chi connectivity index (χ2n) is 16.4. The summed E-state index contributed by atoms with van der Waals surface area (Å²) in [6.07, 6.45) is 4.29. The molecule has 2 atom stereocenters. The van der Waals surface area contributed by atoms with Crippen molar-refractivity contribution in [1.82, 2.24) is 24.4 Å². The number of imide groups is 1. The Labute approximate surface area is 339 Å². The molecule has 58 heavy (non-hydrogen) atoms. The first kappa shape index (κ1) is 38.1. The predicted molar refractivity (Wildman–Crippen MR) is 220 cm³/mol. The molecule has 0 saturated carbocycles. The van der Waals surface area contributed by atoms with Crippen molar-refractivity contribution in [3.63, 3.8) is 0 Å². The number of rotatable bonds is 6. The number of carbonyl (C=O) groups excluding carboxylic acids is 2. The molecule has 3 fully saturated rings. The van der Waals surface area contributed by atoms with E-state index in [9.17, 15) is 14.4 Å². The highest BCUT2D eigenvalue weighted by Crippen LogP contribution is 2.45. The van der Waals surface area contributed by atoms with Crippen LogP contribution in [-0.4, -0.2) is 87.6 Å². The number of aromatic nitrogens is 4. The largest absolute Gasteiger partial charge is 0.368 e. The van der Waals surface area contributed by atoms with Crippen molar-refractivity contribution in [2.45, 2.75) is 71.0 Å². The lowest BCUT2D eigenvalue weighted by atomic mass is 9.85. The van der Waals surface area contributed by atoms with Crippen LogP contribution in [0.25, 0.3) is 16.6 Å². The quantitative estimate of drug-likeness (QED) is 0.184. The van der Waals surface area contributed by atoms with Crippen LogP contribution in [0.3, 0.4) is 0 Å². The smallest absolute Gasteiger partial charge is 0.282 e. The Hall–Kier alpha value is -5.47. The summed E-state index contributed by atoms with van der Waals surface area (Å²) >= 11 is 6.50. The summed E-state index contributed by atoms with van der Waals surface area (Å²) in [4.78, 5) is 61.3. The third kappa shape index (κ3) is 6.37. The zero-order valence-corrected chi connectivity index (χ0v) is 33.6. The van der Waals surface area contributed by atoms with Gasteiger partial charge in [-0.05, 0) is 76.1 Å². The number of hydrogen-bond donors (Lipinski definition) is 0. The molecule has 15 heteroatoms. The van der Waals surface area contributed by atoms with E-state index < -0.39 is 34.6 Å². The van der Waals surface area contributed by atoms with Gasteiger partial charge in [-0.2, -0.15) is 4.98 Å². The molecule has 4 aliphatic rings. The topological polar surface area (TPSA) is 111 Å². The molecule has 3 saturated heterocycles. The van der Waals surface area contributed by atoms with E-state index in [1.807, 2.05) is 36.4 Å². The fourth-order valence-corrected chi connectivity index (χ4v) is 9.51. The van der Waals surface area contributed by atoms with Gasteiger partial charge < -0.3 is 14.7 Å². The van der Waals surface area contributed by atoms with Crippen molar-refractivity contribution in [1.29, 1.82) is 0 Å². The van der Waals surface area contributed by atoms with E-state index in [0.29, 0.717) is 65.4 Å². The van der Waals surface area contributed by atoms with E-state index in [-0.39, 0.29) is 30.5 Å². The highest BCUT2D eigenvalue weighted by Gasteiger charge is 2.40. The van der Waals surface area contributed by atoms with Crippen LogP contribution in [0.15, 0.2) is 65.7 Å². The summed E-state index contributed by atoms with van der Waals surface area (Å²) in [6, 6.07) is 14.7. The maximum Gasteiger partial charge on any atom is 0.282 e. The van der Waals surface area contributed by atoms with Crippen LogP contribution >= 0.6 is 11.6 Å². The summed E-state index contributed by atoms with van der Waals surface area (Å²) < 4.78 is 32.6. The molecule has 0 N–H and O–H groups in total. The lowest BCUT2D eigenvalue weighted by Gasteiger charge is -2.42. The van der Waals surface area contributed by atoms with Gasteiger partial charge in [-0.15, -0.1) is 0 Å². The number of halogens is 3. The summed E-state index contributed by atoms with van der Waals surface area (Å²) in [5, 5.41) is 0.830. The van der Waals surface area contributed by atoms with Crippen molar-refractivity contribution in [3.8, 4) is 5.69 Å². The molecule has 0 bridgehead atoms. The third-order valence-electron chi connectivity index (χ3n) is 12.2. The lowest BCUT2D eigenvalue weighted by Crippen LogP contribution is -2.53. The molecule has 0 aliphatic carbocycles. The van der Waals surface area contributed by atoms with Crippen LogP contribution in [-0.2, 0) is 21.5 Å².